The van der Waals surface area contributed by atoms with Crippen LogP contribution in [0, 0.1) is 0 Å². The van der Waals surface area contributed by atoms with Gasteiger partial charge in [-0.2, -0.15) is 0 Å². The van der Waals surface area contributed by atoms with Crippen LogP contribution in [0.2, 0.25) is 0 Å². The van der Waals surface area contributed by atoms with Crippen LogP contribution in [0.25, 0.3) is 0 Å². The van der Waals surface area contributed by atoms with Gasteiger partial charge in [0.15, 0.2) is 43.3 Å². The van der Waals surface area contributed by atoms with Gasteiger partial charge in [0.2, 0.25) is 11.8 Å². The Bertz CT molecular complexity index is 2160. The number of carbonyl (C=O) groups excluding carboxylic acids is 8. The molecule has 15 atom stereocenters. The SMILES string of the molecule is CC(=O)N[C@@H]1[C@@H](O[C@H]2[C@@H](OCc3ccccc3)[C@@H](OCc3ccccc3)[C@@H](CO[C@H]3O[C@H](COC(C)=O)[C@@H](OC(C)=O)[C@@H](OC(C)=O)[C@H]3NC(C)=O)O[C@H]2O)O[C@@H](COC(C)=O)[C@@H](OC(C)=O)[C@H]1OC(C)=O. The molecule has 396 valence electrons. The maximum Gasteiger partial charge on any atom is 0.303 e. The first kappa shape index (κ1) is 56.8. The molecule has 2 aromatic carbocycles. The van der Waals surface area contributed by atoms with E-state index in [1.165, 1.54) is 6.92 Å². The molecular weight excluding hydrogens is 957 g/mol. The average Bonchev–Trinajstić information content (AvgIpc) is 3.30. The molecule has 0 aromatic heterocycles. The minimum absolute atomic E-state index is 0.0889. The molecule has 3 N–H and O–H groups in total. The summed E-state index contributed by atoms with van der Waals surface area (Å²) in [5.41, 5.74) is 1.36. The lowest BCUT2D eigenvalue weighted by molar-refractivity contribution is -0.362. The van der Waals surface area contributed by atoms with Gasteiger partial charge in [-0.05, 0) is 11.1 Å². The predicted molar refractivity (Wildman–Crippen MR) is 240 cm³/mol. The van der Waals surface area contributed by atoms with Crippen LogP contribution in [0.4, 0.5) is 0 Å². The molecule has 24 nitrogen and oxygen atoms in total. The van der Waals surface area contributed by atoms with Gasteiger partial charge in [-0.1, -0.05) is 60.7 Å². The lowest BCUT2D eigenvalue weighted by atomic mass is 9.94. The molecule has 0 unspecified atom stereocenters. The summed E-state index contributed by atoms with van der Waals surface area (Å²) < 4.78 is 77.7. The molecule has 3 saturated heterocycles. The standard InChI is InChI=1S/C48H62N2O22/c1-24(51)49-37-42(67-30(7)57)40(65-28(5)55)35(21-60-26(3)53)70-47(37)64-23-34-39(62-19-32-15-11-9-12-16-32)44(63-20-33-17-13-10-14-18-33)45(46(59)69-34)72-48-38(50-25(2)52)43(68-31(8)58)41(66-29(6)56)36(71-48)22-61-27(4)54/h9-18,34-48,59H,19-23H2,1-8H3,(H,49,51)(H,50,52)/t34-,35-,36+,37-,38+,39+,40-,41-,42+,43+,44+,45+,46-,47+,48-/m1/s1. The van der Waals surface area contributed by atoms with Gasteiger partial charge in [-0.25, -0.2) is 0 Å². The smallest absolute Gasteiger partial charge is 0.303 e. The number of nitrogens with one attached hydrogen (secondary N) is 2. The van der Waals surface area contributed by atoms with Crippen molar-refractivity contribution in [2.24, 2.45) is 0 Å². The topological polar surface area (TPSA) is 301 Å². The first-order valence-corrected chi connectivity index (χ1v) is 22.9. The minimum atomic E-state index is -1.97. The summed E-state index contributed by atoms with van der Waals surface area (Å²) in [5.74, 6) is -6.10. The van der Waals surface area contributed by atoms with Crippen molar-refractivity contribution in [3.63, 3.8) is 0 Å². The third-order valence-corrected chi connectivity index (χ3v) is 11.0. The summed E-state index contributed by atoms with van der Waals surface area (Å²) in [6, 6.07) is 15.0. The van der Waals surface area contributed by atoms with Crippen molar-refractivity contribution >= 4 is 47.6 Å². The molecular formula is C48H62N2O22. The Labute approximate surface area is 414 Å². The van der Waals surface area contributed by atoms with E-state index in [1.54, 1.807) is 60.7 Å². The first-order valence-electron chi connectivity index (χ1n) is 22.9. The number of carbonyl (C=O) groups is 8. The van der Waals surface area contributed by atoms with Gasteiger partial charge < -0.3 is 77.3 Å². The van der Waals surface area contributed by atoms with Crippen LogP contribution >= 0.6 is 0 Å². The highest BCUT2D eigenvalue weighted by atomic mass is 16.8. The van der Waals surface area contributed by atoms with Gasteiger partial charge in [0.25, 0.3) is 0 Å². The van der Waals surface area contributed by atoms with Gasteiger partial charge in [0, 0.05) is 55.4 Å². The van der Waals surface area contributed by atoms with Gasteiger partial charge in [-0.15, -0.1) is 0 Å². The van der Waals surface area contributed by atoms with Crippen molar-refractivity contribution in [1.82, 2.24) is 10.6 Å². The van der Waals surface area contributed by atoms with Crippen LogP contribution in [-0.4, -0.2) is 165 Å². The summed E-state index contributed by atoms with van der Waals surface area (Å²) >= 11 is 0. The summed E-state index contributed by atoms with van der Waals surface area (Å²) in [4.78, 5) is 99.6. The van der Waals surface area contributed by atoms with Crippen LogP contribution in [0.15, 0.2) is 60.7 Å². The molecule has 3 aliphatic rings. The van der Waals surface area contributed by atoms with Crippen molar-refractivity contribution in [2.45, 2.75) is 161 Å². The Hall–Kier alpha value is -6.12. The molecule has 3 aliphatic heterocycles. The monoisotopic (exact) mass is 1020 g/mol. The van der Waals surface area contributed by atoms with E-state index in [0.717, 1.165) is 48.5 Å². The van der Waals surface area contributed by atoms with Crippen molar-refractivity contribution in [3.05, 3.63) is 71.8 Å². The summed E-state index contributed by atoms with van der Waals surface area (Å²) in [7, 11) is 0. The number of benzene rings is 2. The molecule has 24 heteroatoms. The highest BCUT2D eigenvalue weighted by Crippen LogP contribution is 2.35. The molecule has 0 spiro atoms. The highest BCUT2D eigenvalue weighted by Gasteiger charge is 2.56. The van der Waals surface area contributed by atoms with E-state index in [1.807, 2.05) is 0 Å². The molecule has 0 aliphatic carbocycles. The number of aliphatic hydroxyl groups is 1. The average molecular weight is 1020 g/mol. The second kappa shape index (κ2) is 27.1. The highest BCUT2D eigenvalue weighted by molar-refractivity contribution is 5.74. The van der Waals surface area contributed by atoms with Gasteiger partial charge in [0.05, 0.1) is 19.8 Å². The molecule has 3 heterocycles. The fraction of sp³-hybridized carbons (Fsp3) is 0.583. The Morgan fingerprint density at radius 3 is 1.25 bits per heavy atom. The van der Waals surface area contributed by atoms with Crippen LogP contribution in [-0.2, 0) is 113 Å². The molecule has 0 radical (unpaired) electrons. The first-order chi connectivity index (χ1) is 34.2. The van der Waals surface area contributed by atoms with E-state index in [9.17, 15) is 43.5 Å². The second-order valence-electron chi connectivity index (χ2n) is 17.0. The molecule has 0 bridgehead atoms. The molecule has 2 amide bonds. The van der Waals surface area contributed by atoms with Gasteiger partial charge in [-0.3, -0.25) is 38.4 Å². The van der Waals surface area contributed by atoms with Crippen LogP contribution in [0.1, 0.15) is 66.5 Å². The van der Waals surface area contributed by atoms with E-state index < -0.39 is 159 Å². The Kier molecular flexibility index (Phi) is 21.4. The summed E-state index contributed by atoms with van der Waals surface area (Å²) in [6.45, 7) is 7.13. The number of hydrogen-bond donors (Lipinski definition) is 3. The zero-order chi connectivity index (χ0) is 52.6. The number of ether oxygens (including phenoxy) is 13. The Morgan fingerprint density at radius 2 is 0.833 bits per heavy atom. The Morgan fingerprint density at radius 1 is 0.444 bits per heavy atom. The van der Waals surface area contributed by atoms with Crippen LogP contribution < -0.4 is 10.6 Å². The van der Waals surface area contributed by atoms with E-state index in [0.29, 0.717) is 11.1 Å². The number of rotatable bonds is 21. The Balaban J connectivity index is 1.58. The number of esters is 6. The van der Waals surface area contributed by atoms with Crippen LogP contribution in [0.3, 0.4) is 0 Å². The zero-order valence-electron chi connectivity index (χ0n) is 41.0. The van der Waals surface area contributed by atoms with Crippen molar-refractivity contribution in [1.29, 1.82) is 0 Å². The van der Waals surface area contributed by atoms with E-state index >= 15 is 0 Å². The van der Waals surface area contributed by atoms with Crippen molar-refractivity contribution < 1.29 is 105 Å². The fourth-order valence-electron chi connectivity index (χ4n) is 8.28. The van der Waals surface area contributed by atoms with Gasteiger partial charge in [0.1, 0.15) is 61.9 Å². The molecule has 72 heavy (non-hydrogen) atoms. The number of amides is 2. The largest absolute Gasteiger partial charge is 0.463 e. The minimum Gasteiger partial charge on any atom is -0.463 e. The summed E-state index contributed by atoms with van der Waals surface area (Å²) in [6.07, 6.45) is -19.4. The van der Waals surface area contributed by atoms with E-state index in [2.05, 4.69) is 10.6 Å². The van der Waals surface area contributed by atoms with E-state index in [-0.39, 0.29) is 13.2 Å². The number of aliphatic hydroxyl groups excluding tert-OH is 1. The fourth-order valence-corrected chi connectivity index (χ4v) is 8.28. The zero-order valence-corrected chi connectivity index (χ0v) is 41.0. The van der Waals surface area contributed by atoms with Crippen molar-refractivity contribution in [2.75, 3.05) is 19.8 Å². The van der Waals surface area contributed by atoms with Gasteiger partial charge >= 0.3 is 35.8 Å². The molecule has 3 fully saturated rings. The predicted octanol–water partition coefficient (Wildman–Crippen LogP) is 0.588. The third-order valence-electron chi connectivity index (χ3n) is 11.0. The maximum absolute atomic E-state index is 12.8. The number of hydrogen-bond acceptors (Lipinski definition) is 22. The molecule has 2 aromatic rings. The quantitative estimate of drug-likeness (QED) is 0.114. The second-order valence-corrected chi connectivity index (χ2v) is 17.0. The van der Waals surface area contributed by atoms with E-state index in [4.69, 9.17) is 61.6 Å². The van der Waals surface area contributed by atoms with Crippen molar-refractivity contribution in [3.8, 4) is 0 Å². The third kappa shape index (κ3) is 16.7. The lowest BCUT2D eigenvalue weighted by Crippen LogP contribution is -2.69. The summed E-state index contributed by atoms with van der Waals surface area (Å²) in [5, 5.41) is 17.4. The van der Waals surface area contributed by atoms with Crippen LogP contribution in [0.5, 0.6) is 0 Å². The maximum atomic E-state index is 12.8. The normalized spacial score (nSPS) is 30.1. The molecule has 0 saturated carbocycles. The molecule has 5 rings (SSSR count). The lowest BCUT2D eigenvalue weighted by Gasteiger charge is -2.49.